The van der Waals surface area contributed by atoms with E-state index in [2.05, 4.69) is 0 Å². The van der Waals surface area contributed by atoms with Gasteiger partial charge in [0.15, 0.2) is 0 Å². The third-order valence-electron chi connectivity index (χ3n) is 0.165. The molecule has 9 heteroatoms. The average Bonchev–Trinajstić information content (AvgIpc) is 2.04. The highest BCUT2D eigenvalue weighted by Crippen LogP contribution is 2.06. The van der Waals surface area contributed by atoms with E-state index < -0.39 is 6.16 Å². The Balaban J connectivity index is -0.000000131. The van der Waals surface area contributed by atoms with Gasteiger partial charge in [-0.25, -0.2) is 4.79 Å². The quantitative estimate of drug-likeness (QED) is 0.641. The minimum atomic E-state index is -1.83. The van der Waals surface area contributed by atoms with Crippen molar-refractivity contribution < 1.29 is 15.0 Å². The third kappa shape index (κ3) is 81.8. The van der Waals surface area contributed by atoms with Crippen molar-refractivity contribution in [3.63, 3.8) is 0 Å². The van der Waals surface area contributed by atoms with Gasteiger partial charge in [-0.2, -0.15) is 0 Å². The summed E-state index contributed by atoms with van der Waals surface area (Å²) in [7, 11) is 0. The fourth-order valence-corrected chi connectivity index (χ4v) is 0. The van der Waals surface area contributed by atoms with Gasteiger partial charge in [0.2, 0.25) is 0 Å². The predicted molar refractivity (Wildman–Crippen MR) is 61.9 cm³/mol. The van der Waals surface area contributed by atoms with Crippen molar-refractivity contribution in [2.24, 2.45) is 0 Å². The summed E-state index contributed by atoms with van der Waals surface area (Å²) in [5, 5.41) is 13.9. The first-order valence-corrected chi connectivity index (χ1v) is 4.81. The molecule has 0 heterocycles. The molecule has 0 saturated heterocycles. The molecule has 0 aliphatic heterocycles. The molecular formula is C5H4Cl6O3. The lowest BCUT2D eigenvalue weighted by atomic mass is 11.2. The van der Waals surface area contributed by atoms with Gasteiger partial charge >= 0.3 is 6.16 Å². The van der Waals surface area contributed by atoms with Crippen molar-refractivity contribution >= 4 is 75.8 Å². The number of hydrogen-bond acceptors (Lipinski definition) is 1. The molecule has 0 radical (unpaired) electrons. The third-order valence-corrected chi connectivity index (χ3v) is 1.48. The van der Waals surface area contributed by atoms with Crippen LogP contribution in [0.25, 0.3) is 0 Å². The minimum absolute atomic E-state index is 0.0895. The van der Waals surface area contributed by atoms with E-state index in [-0.39, 0.29) is 8.98 Å². The lowest BCUT2D eigenvalue weighted by molar-refractivity contribution is 0.137. The summed E-state index contributed by atoms with van der Waals surface area (Å²) in [6.45, 7) is 0. The molecule has 3 nitrogen and oxygen atoms in total. The minimum Gasteiger partial charge on any atom is -0.450 e. The molecule has 0 bridgehead atoms. The second-order valence-corrected chi connectivity index (χ2v) is 3.53. The van der Waals surface area contributed by atoms with Gasteiger partial charge < -0.3 is 10.2 Å². The number of halogens is 6. The number of carbonyl (C=O) groups is 1. The van der Waals surface area contributed by atoms with Gasteiger partial charge in [0, 0.05) is 11.1 Å². The first kappa shape index (κ1) is 20.0. The van der Waals surface area contributed by atoms with Crippen LogP contribution in [0.1, 0.15) is 0 Å². The molecule has 0 aromatic carbocycles. The molecule has 0 spiro atoms. The molecule has 0 rings (SSSR count). The number of hydrogen-bond donors (Lipinski definition) is 2. The van der Waals surface area contributed by atoms with Gasteiger partial charge in [0.25, 0.3) is 0 Å². The van der Waals surface area contributed by atoms with Crippen molar-refractivity contribution in [1.82, 2.24) is 0 Å². The lowest BCUT2D eigenvalue weighted by Gasteiger charge is -1.64. The lowest BCUT2D eigenvalue weighted by Crippen LogP contribution is -1.81. The van der Waals surface area contributed by atoms with E-state index in [1.165, 1.54) is 0 Å². The maximum atomic E-state index is 8.56. The Hall–Kier alpha value is 0.490. The summed E-state index contributed by atoms with van der Waals surface area (Å²) in [5.74, 6) is 0. The van der Waals surface area contributed by atoms with Crippen molar-refractivity contribution in [3.05, 3.63) is 20.1 Å². The highest BCUT2D eigenvalue weighted by Gasteiger charge is 1.71. The van der Waals surface area contributed by atoms with Crippen molar-refractivity contribution in [1.29, 1.82) is 0 Å². The van der Waals surface area contributed by atoms with Crippen molar-refractivity contribution in [2.45, 2.75) is 0 Å². The first-order valence-electron chi connectivity index (χ1n) is 2.42. The highest BCUT2D eigenvalue weighted by atomic mass is 35.5. The van der Waals surface area contributed by atoms with Gasteiger partial charge in [0.05, 0.1) is 0 Å². The summed E-state index contributed by atoms with van der Waals surface area (Å²) in [6, 6.07) is 0. The predicted octanol–water partition coefficient (Wildman–Crippen LogP) is 5.23. The standard InChI is InChI=1S/2C2HCl3.CH2O3/c2*3-1-2(4)5;2-1(3)4/h2*1H;(H2,2,3,4). The van der Waals surface area contributed by atoms with Crippen LogP contribution in [-0.4, -0.2) is 16.4 Å². The van der Waals surface area contributed by atoms with E-state index >= 15 is 0 Å². The van der Waals surface area contributed by atoms with Crippen LogP contribution >= 0.6 is 69.6 Å². The monoisotopic (exact) mass is 322 g/mol. The van der Waals surface area contributed by atoms with Crippen molar-refractivity contribution in [3.8, 4) is 0 Å². The van der Waals surface area contributed by atoms with E-state index in [1.54, 1.807) is 0 Å². The molecule has 0 fully saturated rings. The highest BCUT2D eigenvalue weighted by molar-refractivity contribution is 6.58. The van der Waals surface area contributed by atoms with Gasteiger partial charge in [-0.3, -0.25) is 0 Å². The summed E-state index contributed by atoms with van der Waals surface area (Å²) in [4.78, 5) is 8.56. The molecular weight excluding hydrogens is 321 g/mol. The van der Waals surface area contributed by atoms with Crippen LogP contribution in [-0.2, 0) is 0 Å². The Kier molecular flexibility index (Phi) is 22.7. The fourth-order valence-electron chi connectivity index (χ4n) is 0. The number of carboxylic acid groups (broad SMARTS) is 2. The molecule has 84 valence electrons. The molecule has 0 amide bonds. The molecule has 0 unspecified atom stereocenters. The van der Waals surface area contributed by atoms with Crippen LogP contribution in [0, 0.1) is 0 Å². The molecule has 0 aromatic rings. The fraction of sp³-hybridized carbons (Fsp3) is 0. The smallest absolute Gasteiger partial charge is 0.450 e. The second-order valence-electron chi connectivity index (χ2n) is 1.08. The zero-order valence-corrected chi connectivity index (χ0v) is 10.8. The first-order chi connectivity index (χ1) is 6.27. The molecule has 0 aromatic heterocycles. The van der Waals surface area contributed by atoms with Gasteiger partial charge in [-0.1, -0.05) is 69.6 Å². The van der Waals surface area contributed by atoms with Crippen LogP contribution in [0.4, 0.5) is 4.79 Å². The summed E-state index contributed by atoms with van der Waals surface area (Å²) in [6.07, 6.45) is -1.83. The van der Waals surface area contributed by atoms with E-state index in [9.17, 15) is 0 Å². The topological polar surface area (TPSA) is 57.5 Å². The zero-order valence-electron chi connectivity index (χ0n) is 6.23. The van der Waals surface area contributed by atoms with Crippen LogP contribution < -0.4 is 0 Å². The largest absolute Gasteiger partial charge is 0.503 e. The summed E-state index contributed by atoms with van der Waals surface area (Å²) < 4.78 is 0.179. The Morgan fingerprint density at radius 2 is 0.929 bits per heavy atom. The molecule has 2 N–H and O–H groups in total. The molecule has 0 aliphatic rings. The zero-order chi connectivity index (χ0) is 12.1. The van der Waals surface area contributed by atoms with Crippen LogP contribution in [0.2, 0.25) is 0 Å². The molecule has 0 aliphatic carbocycles. The Morgan fingerprint density at radius 1 is 0.857 bits per heavy atom. The van der Waals surface area contributed by atoms with Gasteiger partial charge in [-0.05, 0) is 0 Å². The van der Waals surface area contributed by atoms with Crippen LogP contribution in [0.15, 0.2) is 20.1 Å². The van der Waals surface area contributed by atoms with Gasteiger partial charge in [0.1, 0.15) is 8.98 Å². The summed E-state index contributed by atoms with van der Waals surface area (Å²) >= 11 is 29.6. The molecule has 14 heavy (non-hydrogen) atoms. The molecule has 0 atom stereocenters. The normalized spacial score (nSPS) is 6.71. The maximum absolute atomic E-state index is 8.56. The van der Waals surface area contributed by atoms with E-state index in [0.717, 1.165) is 11.1 Å². The van der Waals surface area contributed by atoms with Crippen LogP contribution in [0.3, 0.4) is 0 Å². The Labute approximate surface area is 110 Å². The van der Waals surface area contributed by atoms with E-state index in [1.807, 2.05) is 0 Å². The van der Waals surface area contributed by atoms with E-state index in [4.69, 9.17) is 84.6 Å². The average molecular weight is 325 g/mol. The summed E-state index contributed by atoms with van der Waals surface area (Å²) in [5.41, 5.74) is 2.17. The SMILES string of the molecule is ClC=C(Cl)Cl.ClC=C(Cl)Cl.O=C(O)O. The maximum Gasteiger partial charge on any atom is 0.503 e. The van der Waals surface area contributed by atoms with E-state index in [0.29, 0.717) is 0 Å². The Bertz CT molecular complexity index is 174. The number of rotatable bonds is 0. The molecule has 0 saturated carbocycles. The van der Waals surface area contributed by atoms with Gasteiger partial charge in [-0.15, -0.1) is 0 Å². The Morgan fingerprint density at radius 3 is 0.929 bits per heavy atom. The second kappa shape index (κ2) is 15.9. The van der Waals surface area contributed by atoms with Crippen LogP contribution in [0.5, 0.6) is 0 Å². The van der Waals surface area contributed by atoms with Crippen molar-refractivity contribution in [2.75, 3.05) is 0 Å².